The molecule has 0 atom stereocenters. The van der Waals surface area contributed by atoms with E-state index in [9.17, 15) is 13.2 Å². The molecular formula is C18H24N2O4S2. The summed E-state index contributed by atoms with van der Waals surface area (Å²) in [6.45, 7) is 4.37. The van der Waals surface area contributed by atoms with E-state index in [4.69, 9.17) is 4.74 Å². The van der Waals surface area contributed by atoms with Gasteiger partial charge in [0, 0.05) is 12.7 Å². The second kappa shape index (κ2) is 9.16. The number of unbranched alkanes of at least 4 members (excludes halogenated alkanes) is 1. The van der Waals surface area contributed by atoms with Gasteiger partial charge in [-0.2, -0.15) is 4.31 Å². The molecule has 26 heavy (non-hydrogen) atoms. The van der Waals surface area contributed by atoms with E-state index in [2.05, 4.69) is 12.2 Å². The fraction of sp³-hybridized carbons (Fsp3) is 0.389. The van der Waals surface area contributed by atoms with Gasteiger partial charge < -0.3 is 10.1 Å². The maximum atomic E-state index is 12.4. The van der Waals surface area contributed by atoms with Crippen LogP contribution in [0.3, 0.4) is 0 Å². The van der Waals surface area contributed by atoms with Gasteiger partial charge in [0.1, 0.15) is 9.96 Å². The Morgan fingerprint density at radius 1 is 1.31 bits per heavy atom. The molecule has 0 spiro atoms. The Balaban J connectivity index is 1.97. The molecule has 1 aromatic carbocycles. The Morgan fingerprint density at radius 2 is 2.08 bits per heavy atom. The number of ether oxygens (including phenoxy) is 1. The second-order valence-corrected chi connectivity index (χ2v) is 9.14. The number of amides is 1. The van der Waals surface area contributed by atoms with Crippen LogP contribution in [0.2, 0.25) is 0 Å². The Hall–Kier alpha value is -1.90. The Kier molecular flexibility index (Phi) is 7.19. The van der Waals surface area contributed by atoms with Crippen molar-refractivity contribution in [3.8, 4) is 5.75 Å². The number of carbonyl (C=O) groups is 1. The number of nitrogens with one attached hydrogen (secondary N) is 1. The van der Waals surface area contributed by atoms with Crippen LogP contribution in [-0.2, 0) is 14.8 Å². The number of thiophene rings is 1. The Morgan fingerprint density at radius 3 is 2.69 bits per heavy atom. The highest BCUT2D eigenvalue weighted by atomic mass is 32.2. The van der Waals surface area contributed by atoms with Crippen molar-refractivity contribution in [2.24, 2.45) is 0 Å². The van der Waals surface area contributed by atoms with Crippen LogP contribution < -0.4 is 10.1 Å². The van der Waals surface area contributed by atoms with E-state index in [-0.39, 0.29) is 10.8 Å². The van der Waals surface area contributed by atoms with Gasteiger partial charge in [0.25, 0.3) is 10.0 Å². The maximum Gasteiger partial charge on any atom is 0.252 e. The second-order valence-electron chi connectivity index (χ2n) is 5.92. The maximum absolute atomic E-state index is 12.4. The number of sulfonamides is 1. The monoisotopic (exact) mass is 396 g/mol. The summed E-state index contributed by atoms with van der Waals surface area (Å²) >= 11 is 1.13. The third-order valence-electron chi connectivity index (χ3n) is 3.76. The number of hydrogen-bond acceptors (Lipinski definition) is 5. The van der Waals surface area contributed by atoms with Crippen LogP contribution in [-0.4, -0.2) is 38.8 Å². The van der Waals surface area contributed by atoms with E-state index < -0.39 is 15.9 Å². The summed E-state index contributed by atoms with van der Waals surface area (Å²) < 4.78 is 31.6. The van der Waals surface area contributed by atoms with Crippen molar-refractivity contribution in [3.63, 3.8) is 0 Å². The van der Waals surface area contributed by atoms with Crippen LogP contribution in [0.5, 0.6) is 5.75 Å². The van der Waals surface area contributed by atoms with Crippen LogP contribution in [0.15, 0.2) is 39.9 Å². The molecule has 142 valence electrons. The largest absolute Gasteiger partial charge is 0.494 e. The minimum atomic E-state index is -3.64. The predicted molar refractivity (Wildman–Crippen MR) is 104 cm³/mol. The lowest BCUT2D eigenvalue weighted by molar-refractivity contribution is -0.116. The summed E-state index contributed by atoms with van der Waals surface area (Å²) in [5, 5.41) is 4.44. The van der Waals surface area contributed by atoms with Crippen LogP contribution >= 0.6 is 11.3 Å². The topological polar surface area (TPSA) is 75.7 Å². The van der Waals surface area contributed by atoms with E-state index in [1.54, 1.807) is 23.6 Å². The average Bonchev–Trinajstić information content (AvgIpc) is 3.12. The fourth-order valence-corrected chi connectivity index (χ4v) is 4.57. The van der Waals surface area contributed by atoms with Crippen LogP contribution in [0.25, 0.3) is 0 Å². The summed E-state index contributed by atoms with van der Waals surface area (Å²) in [4.78, 5) is 12.2. The van der Waals surface area contributed by atoms with Crippen LogP contribution in [0.1, 0.15) is 25.3 Å². The van der Waals surface area contributed by atoms with E-state index in [1.165, 1.54) is 13.1 Å². The van der Waals surface area contributed by atoms with Gasteiger partial charge in [-0.15, -0.1) is 11.3 Å². The molecule has 0 aliphatic rings. The minimum absolute atomic E-state index is 0.220. The van der Waals surface area contributed by atoms with E-state index in [0.29, 0.717) is 12.3 Å². The van der Waals surface area contributed by atoms with Crippen molar-refractivity contribution in [3.05, 3.63) is 41.3 Å². The number of anilines is 1. The lowest BCUT2D eigenvalue weighted by Crippen LogP contribution is -2.34. The molecule has 1 heterocycles. The first-order valence-electron chi connectivity index (χ1n) is 8.37. The van der Waals surface area contributed by atoms with Gasteiger partial charge in [0.05, 0.1) is 13.2 Å². The number of rotatable bonds is 9. The molecule has 8 heteroatoms. The molecule has 0 aliphatic heterocycles. The van der Waals surface area contributed by atoms with E-state index in [1.807, 2.05) is 13.0 Å². The molecular weight excluding hydrogens is 372 g/mol. The first kappa shape index (κ1) is 20.4. The summed E-state index contributed by atoms with van der Waals surface area (Å²) in [5.41, 5.74) is 1.50. The number of carbonyl (C=O) groups excluding carboxylic acids is 1. The van der Waals surface area contributed by atoms with E-state index in [0.717, 1.165) is 39.8 Å². The number of nitrogens with zero attached hydrogens (tertiary/aromatic N) is 1. The molecule has 1 N–H and O–H groups in total. The molecule has 0 unspecified atom stereocenters. The number of aryl methyl sites for hydroxylation is 1. The molecule has 2 aromatic rings. The van der Waals surface area contributed by atoms with Crippen molar-refractivity contribution in [2.75, 3.05) is 25.5 Å². The summed E-state index contributed by atoms with van der Waals surface area (Å²) in [6, 6.07) is 8.61. The average molecular weight is 397 g/mol. The Bertz CT molecular complexity index is 833. The zero-order chi connectivity index (χ0) is 19.2. The minimum Gasteiger partial charge on any atom is -0.494 e. The highest BCUT2D eigenvalue weighted by Crippen LogP contribution is 2.22. The van der Waals surface area contributed by atoms with Crippen molar-refractivity contribution >= 4 is 33.0 Å². The number of benzene rings is 1. The van der Waals surface area contributed by atoms with Crippen molar-refractivity contribution in [1.82, 2.24) is 4.31 Å². The Labute approximate surface area is 158 Å². The number of hydrogen-bond donors (Lipinski definition) is 1. The number of likely N-dealkylation sites (N-methyl/N-ethyl adjacent to an activating group) is 1. The van der Waals surface area contributed by atoms with Gasteiger partial charge >= 0.3 is 0 Å². The molecule has 0 saturated carbocycles. The summed E-state index contributed by atoms with van der Waals surface area (Å²) in [7, 11) is -2.25. The van der Waals surface area contributed by atoms with Gasteiger partial charge in [-0.25, -0.2) is 8.42 Å². The quantitative estimate of drug-likeness (QED) is 0.658. The van der Waals surface area contributed by atoms with Gasteiger partial charge in [0.2, 0.25) is 5.91 Å². The third kappa shape index (κ3) is 5.30. The SMILES string of the molecule is CCCCOc1ccc(NC(=O)CN(C)S(=O)(=O)c2cccs2)c(C)c1. The molecule has 1 aromatic heterocycles. The van der Waals surface area contributed by atoms with E-state index >= 15 is 0 Å². The molecule has 6 nitrogen and oxygen atoms in total. The zero-order valence-corrected chi connectivity index (χ0v) is 16.8. The van der Waals surface area contributed by atoms with Crippen molar-refractivity contribution in [2.45, 2.75) is 30.9 Å². The smallest absolute Gasteiger partial charge is 0.252 e. The first-order chi connectivity index (χ1) is 12.3. The van der Waals surface area contributed by atoms with Crippen molar-refractivity contribution in [1.29, 1.82) is 0 Å². The van der Waals surface area contributed by atoms with Crippen molar-refractivity contribution < 1.29 is 17.9 Å². The molecule has 2 rings (SSSR count). The predicted octanol–water partition coefficient (Wildman–Crippen LogP) is 3.49. The van der Waals surface area contributed by atoms with Gasteiger partial charge in [-0.05, 0) is 48.6 Å². The molecule has 0 fully saturated rings. The molecule has 0 saturated heterocycles. The first-order valence-corrected chi connectivity index (χ1v) is 10.7. The fourth-order valence-electron chi connectivity index (χ4n) is 2.24. The highest BCUT2D eigenvalue weighted by molar-refractivity contribution is 7.91. The lowest BCUT2D eigenvalue weighted by Gasteiger charge is -2.16. The summed E-state index contributed by atoms with van der Waals surface area (Å²) in [6.07, 6.45) is 2.05. The zero-order valence-electron chi connectivity index (χ0n) is 15.2. The molecule has 0 radical (unpaired) electrons. The van der Waals surface area contributed by atoms with Gasteiger partial charge in [0.15, 0.2) is 0 Å². The van der Waals surface area contributed by atoms with Crippen LogP contribution in [0, 0.1) is 6.92 Å². The van der Waals surface area contributed by atoms with Crippen LogP contribution in [0.4, 0.5) is 5.69 Å². The standard InChI is InChI=1S/C18H24N2O4S2/c1-4-5-10-24-15-8-9-16(14(2)12-15)19-17(21)13-20(3)26(22,23)18-7-6-11-25-18/h6-9,11-12H,4-5,10,13H2,1-3H3,(H,19,21). The molecule has 0 aliphatic carbocycles. The summed E-state index contributed by atoms with van der Waals surface area (Å²) in [5.74, 6) is 0.363. The highest BCUT2D eigenvalue weighted by Gasteiger charge is 2.23. The van der Waals surface area contributed by atoms with Gasteiger partial charge in [-0.3, -0.25) is 4.79 Å². The lowest BCUT2D eigenvalue weighted by atomic mass is 10.2. The molecule has 1 amide bonds. The normalized spacial score (nSPS) is 11.5. The third-order valence-corrected chi connectivity index (χ3v) is 6.94. The van der Waals surface area contributed by atoms with Gasteiger partial charge in [-0.1, -0.05) is 19.4 Å². The molecule has 0 bridgehead atoms.